The zero-order chi connectivity index (χ0) is 16.9. The van der Waals surface area contributed by atoms with Crippen LogP contribution in [0, 0.1) is 0 Å². The van der Waals surface area contributed by atoms with Crippen LogP contribution in [0.3, 0.4) is 0 Å². The normalized spacial score (nSPS) is 12.5. The van der Waals surface area contributed by atoms with Crippen LogP contribution in [0.25, 0.3) is 0 Å². The maximum absolute atomic E-state index is 12.2. The number of benzene rings is 2. The highest BCUT2D eigenvalue weighted by Crippen LogP contribution is 2.22. The van der Waals surface area contributed by atoms with Gasteiger partial charge in [0.25, 0.3) is 5.91 Å². The number of amides is 2. The minimum absolute atomic E-state index is 0.0837. The van der Waals surface area contributed by atoms with Crippen molar-refractivity contribution in [2.45, 2.75) is 26.3 Å². The van der Waals surface area contributed by atoms with E-state index in [9.17, 15) is 9.59 Å². The van der Waals surface area contributed by atoms with Crippen LogP contribution in [0.4, 0.5) is 5.69 Å². The first-order valence-corrected chi connectivity index (χ1v) is 8.09. The van der Waals surface area contributed by atoms with Gasteiger partial charge >= 0.3 is 0 Å². The molecule has 2 amide bonds. The van der Waals surface area contributed by atoms with Gasteiger partial charge in [-0.05, 0) is 42.7 Å². The lowest BCUT2D eigenvalue weighted by molar-refractivity contribution is -0.116. The van der Waals surface area contributed by atoms with Gasteiger partial charge in [0.05, 0.1) is 6.61 Å². The molecule has 2 N–H and O–H groups in total. The molecular formula is C19H20N2O3. The third-order valence-electron chi connectivity index (χ3n) is 3.97. The Hall–Kier alpha value is -2.82. The van der Waals surface area contributed by atoms with Crippen LogP contribution < -0.4 is 15.4 Å². The zero-order valence-electron chi connectivity index (χ0n) is 13.6. The van der Waals surface area contributed by atoms with Crippen molar-refractivity contribution in [2.75, 3.05) is 11.9 Å². The van der Waals surface area contributed by atoms with E-state index in [-0.39, 0.29) is 11.8 Å². The Morgan fingerprint density at radius 3 is 2.92 bits per heavy atom. The van der Waals surface area contributed by atoms with E-state index in [0.717, 1.165) is 16.9 Å². The molecule has 0 aliphatic carbocycles. The third-order valence-corrected chi connectivity index (χ3v) is 3.97. The minimum atomic E-state index is -0.0910. The second-order valence-electron chi connectivity index (χ2n) is 5.64. The number of fused-ring (bicyclic) bond motifs is 1. The van der Waals surface area contributed by atoms with Gasteiger partial charge in [0, 0.05) is 24.2 Å². The Kier molecular flexibility index (Phi) is 4.79. The maximum Gasteiger partial charge on any atom is 0.251 e. The predicted octanol–water partition coefficient (Wildman–Crippen LogP) is 2.90. The second-order valence-corrected chi connectivity index (χ2v) is 5.64. The summed E-state index contributed by atoms with van der Waals surface area (Å²) in [7, 11) is 0. The largest absolute Gasteiger partial charge is 0.494 e. The van der Waals surface area contributed by atoms with Crippen molar-refractivity contribution in [3.05, 3.63) is 59.2 Å². The van der Waals surface area contributed by atoms with Crippen molar-refractivity contribution in [1.82, 2.24) is 5.32 Å². The molecule has 0 radical (unpaired) electrons. The standard InChI is InChI=1S/C19H20N2O3/c1-2-24-17-6-4-3-5-13(17)8-10-18(22)21-15-9-7-14-12-20-19(23)16(14)11-15/h3-7,9,11H,2,8,10,12H2,1H3,(H,20,23)(H,21,22). The van der Waals surface area contributed by atoms with Crippen LogP contribution in [0.15, 0.2) is 42.5 Å². The van der Waals surface area contributed by atoms with Crippen molar-refractivity contribution in [3.63, 3.8) is 0 Å². The van der Waals surface area contributed by atoms with Crippen LogP contribution in [0.5, 0.6) is 5.75 Å². The highest BCUT2D eigenvalue weighted by atomic mass is 16.5. The van der Waals surface area contributed by atoms with Crippen molar-refractivity contribution < 1.29 is 14.3 Å². The van der Waals surface area contributed by atoms with Crippen molar-refractivity contribution in [1.29, 1.82) is 0 Å². The van der Waals surface area contributed by atoms with E-state index in [0.29, 0.717) is 37.2 Å². The van der Waals surface area contributed by atoms with Crippen LogP contribution >= 0.6 is 0 Å². The third kappa shape index (κ3) is 3.56. The van der Waals surface area contributed by atoms with E-state index >= 15 is 0 Å². The van der Waals surface area contributed by atoms with Crippen molar-refractivity contribution >= 4 is 17.5 Å². The Morgan fingerprint density at radius 1 is 1.25 bits per heavy atom. The van der Waals surface area contributed by atoms with Gasteiger partial charge in [-0.25, -0.2) is 0 Å². The fourth-order valence-electron chi connectivity index (χ4n) is 2.77. The maximum atomic E-state index is 12.2. The molecule has 124 valence electrons. The van der Waals surface area contributed by atoms with Gasteiger partial charge in [-0.3, -0.25) is 9.59 Å². The number of rotatable bonds is 6. The molecule has 0 fully saturated rings. The van der Waals surface area contributed by atoms with Gasteiger partial charge < -0.3 is 15.4 Å². The van der Waals surface area contributed by atoms with Crippen LogP contribution in [0.1, 0.15) is 34.8 Å². The lowest BCUT2D eigenvalue weighted by Gasteiger charge is -2.10. The highest BCUT2D eigenvalue weighted by molar-refractivity contribution is 6.00. The molecule has 5 heteroatoms. The predicted molar refractivity (Wildman–Crippen MR) is 92.2 cm³/mol. The molecule has 3 rings (SSSR count). The summed E-state index contributed by atoms with van der Waals surface area (Å²) in [4.78, 5) is 23.9. The van der Waals surface area contributed by atoms with Gasteiger partial charge in [-0.15, -0.1) is 0 Å². The molecule has 0 saturated carbocycles. The zero-order valence-corrected chi connectivity index (χ0v) is 13.6. The quantitative estimate of drug-likeness (QED) is 0.858. The fraction of sp³-hybridized carbons (Fsp3) is 0.263. The number of anilines is 1. The summed E-state index contributed by atoms with van der Waals surface area (Å²) >= 11 is 0. The number of hydrogen-bond acceptors (Lipinski definition) is 3. The Labute approximate surface area is 141 Å². The summed E-state index contributed by atoms with van der Waals surface area (Å²) in [6.07, 6.45) is 0.959. The summed E-state index contributed by atoms with van der Waals surface area (Å²) in [5.74, 6) is 0.647. The van der Waals surface area contributed by atoms with E-state index in [4.69, 9.17) is 4.74 Å². The van der Waals surface area contributed by atoms with Crippen molar-refractivity contribution in [2.24, 2.45) is 0 Å². The molecule has 5 nitrogen and oxygen atoms in total. The highest BCUT2D eigenvalue weighted by Gasteiger charge is 2.19. The number of nitrogens with one attached hydrogen (secondary N) is 2. The fourth-order valence-corrected chi connectivity index (χ4v) is 2.77. The summed E-state index contributed by atoms with van der Waals surface area (Å²) in [6.45, 7) is 3.09. The number of hydrogen-bond donors (Lipinski definition) is 2. The Bertz CT molecular complexity index is 771. The van der Waals surface area contributed by atoms with E-state index in [1.54, 1.807) is 6.07 Å². The van der Waals surface area contributed by atoms with Gasteiger partial charge in [0.1, 0.15) is 5.75 Å². The number of carbonyl (C=O) groups is 2. The van der Waals surface area contributed by atoms with Crippen LogP contribution in [-0.2, 0) is 17.8 Å². The average Bonchev–Trinajstić information content (AvgIpc) is 2.95. The monoisotopic (exact) mass is 324 g/mol. The van der Waals surface area contributed by atoms with Gasteiger partial charge in [-0.2, -0.15) is 0 Å². The molecule has 0 unspecified atom stereocenters. The summed E-state index contributed by atoms with van der Waals surface area (Å²) in [6, 6.07) is 13.2. The van der Waals surface area contributed by atoms with Crippen molar-refractivity contribution in [3.8, 4) is 5.75 Å². The number of para-hydroxylation sites is 1. The van der Waals surface area contributed by atoms with Gasteiger partial charge in [-0.1, -0.05) is 24.3 Å². The molecule has 1 aliphatic rings. The molecule has 0 spiro atoms. The Morgan fingerprint density at radius 2 is 2.08 bits per heavy atom. The minimum Gasteiger partial charge on any atom is -0.494 e. The Balaban J connectivity index is 1.61. The molecule has 0 atom stereocenters. The first-order chi connectivity index (χ1) is 11.7. The molecular weight excluding hydrogens is 304 g/mol. The molecule has 2 aromatic carbocycles. The molecule has 0 saturated heterocycles. The van der Waals surface area contributed by atoms with E-state index < -0.39 is 0 Å². The summed E-state index contributed by atoms with van der Waals surface area (Å²) in [5.41, 5.74) is 3.26. The second kappa shape index (κ2) is 7.17. The summed E-state index contributed by atoms with van der Waals surface area (Å²) < 4.78 is 5.57. The first kappa shape index (κ1) is 16.1. The smallest absolute Gasteiger partial charge is 0.251 e. The van der Waals surface area contributed by atoms with Gasteiger partial charge in [0.2, 0.25) is 5.91 Å². The number of carbonyl (C=O) groups excluding carboxylic acids is 2. The van der Waals surface area contributed by atoms with Crippen LogP contribution in [0.2, 0.25) is 0 Å². The van der Waals surface area contributed by atoms with Crippen LogP contribution in [-0.4, -0.2) is 18.4 Å². The topological polar surface area (TPSA) is 67.4 Å². The van der Waals surface area contributed by atoms with E-state index in [1.807, 2.05) is 43.3 Å². The van der Waals surface area contributed by atoms with E-state index in [2.05, 4.69) is 10.6 Å². The molecule has 1 heterocycles. The summed E-state index contributed by atoms with van der Waals surface area (Å²) in [5, 5.41) is 5.62. The molecule has 0 bridgehead atoms. The lowest BCUT2D eigenvalue weighted by atomic mass is 10.1. The number of aryl methyl sites for hydroxylation is 1. The van der Waals surface area contributed by atoms with Gasteiger partial charge in [0.15, 0.2) is 0 Å². The molecule has 1 aliphatic heterocycles. The average molecular weight is 324 g/mol. The molecule has 24 heavy (non-hydrogen) atoms. The lowest BCUT2D eigenvalue weighted by Crippen LogP contribution is -2.14. The number of ether oxygens (including phenoxy) is 1. The first-order valence-electron chi connectivity index (χ1n) is 8.09. The van der Waals surface area contributed by atoms with E-state index in [1.165, 1.54) is 0 Å². The molecule has 0 aromatic heterocycles. The SMILES string of the molecule is CCOc1ccccc1CCC(=O)Nc1ccc2c(c1)C(=O)NC2. The molecule has 2 aromatic rings.